The lowest BCUT2D eigenvalue weighted by Gasteiger charge is -2.22. The molecule has 2 aliphatic rings. The molecular formula is C17H16N2O5S. The van der Waals surface area contributed by atoms with E-state index in [9.17, 15) is 9.59 Å². The van der Waals surface area contributed by atoms with Crippen LogP contribution in [0.25, 0.3) is 10.6 Å². The number of ether oxygens (including phenoxy) is 2. The zero-order valence-electron chi connectivity index (χ0n) is 13.3. The van der Waals surface area contributed by atoms with Crippen LogP contribution in [0.5, 0.6) is 11.5 Å². The molecule has 0 aliphatic carbocycles. The molecule has 1 aromatic carbocycles. The number of fused-ring (bicyclic) bond motifs is 1. The van der Waals surface area contributed by atoms with Gasteiger partial charge in [0.25, 0.3) is 5.91 Å². The minimum atomic E-state index is -0.880. The van der Waals surface area contributed by atoms with E-state index in [1.165, 1.54) is 11.3 Å². The lowest BCUT2D eigenvalue weighted by atomic mass is 10.1. The van der Waals surface area contributed by atoms with Crippen LogP contribution in [0.3, 0.4) is 0 Å². The highest BCUT2D eigenvalue weighted by Crippen LogP contribution is 2.37. The Labute approximate surface area is 147 Å². The van der Waals surface area contributed by atoms with Crippen LogP contribution < -0.4 is 9.47 Å². The first kappa shape index (κ1) is 15.9. The number of carbonyl (C=O) groups is 2. The number of hydrogen-bond acceptors (Lipinski definition) is 6. The van der Waals surface area contributed by atoms with Crippen molar-refractivity contribution in [2.75, 3.05) is 13.3 Å². The number of carbonyl (C=O) groups excluding carboxylic acids is 1. The third-order valence-corrected chi connectivity index (χ3v) is 5.42. The van der Waals surface area contributed by atoms with Gasteiger partial charge in [-0.1, -0.05) is 0 Å². The lowest BCUT2D eigenvalue weighted by molar-refractivity contribution is -0.137. The van der Waals surface area contributed by atoms with Gasteiger partial charge in [-0.2, -0.15) is 0 Å². The fourth-order valence-electron chi connectivity index (χ4n) is 3.19. The Balaban J connectivity index is 1.54. The summed E-state index contributed by atoms with van der Waals surface area (Å²) in [7, 11) is 0. The maximum absolute atomic E-state index is 12.7. The van der Waals surface area contributed by atoms with E-state index in [4.69, 9.17) is 14.6 Å². The summed E-state index contributed by atoms with van der Waals surface area (Å²) in [5, 5.41) is 9.72. The Morgan fingerprint density at radius 1 is 1.32 bits per heavy atom. The molecule has 1 aromatic heterocycles. The average Bonchev–Trinajstić information content (AvgIpc) is 3.33. The van der Waals surface area contributed by atoms with Gasteiger partial charge in [0.15, 0.2) is 11.5 Å². The summed E-state index contributed by atoms with van der Waals surface area (Å²) in [4.78, 5) is 30.2. The van der Waals surface area contributed by atoms with Crippen LogP contribution in [0, 0.1) is 0 Å². The highest BCUT2D eigenvalue weighted by molar-refractivity contribution is 7.16. The van der Waals surface area contributed by atoms with Crippen molar-refractivity contribution in [3.05, 3.63) is 29.3 Å². The van der Waals surface area contributed by atoms with Crippen molar-refractivity contribution in [1.29, 1.82) is 0 Å². The molecule has 1 fully saturated rings. The van der Waals surface area contributed by atoms with Crippen LogP contribution >= 0.6 is 11.3 Å². The van der Waals surface area contributed by atoms with E-state index in [1.54, 1.807) is 11.1 Å². The Kier molecular flexibility index (Phi) is 4.04. The first-order chi connectivity index (χ1) is 12.1. The second-order valence-electron chi connectivity index (χ2n) is 5.99. The second kappa shape index (κ2) is 6.36. The quantitative estimate of drug-likeness (QED) is 0.902. The van der Waals surface area contributed by atoms with Crippen molar-refractivity contribution in [3.63, 3.8) is 0 Å². The number of amides is 1. The number of carboxylic acid groups (broad SMARTS) is 1. The molecule has 0 radical (unpaired) electrons. The summed E-state index contributed by atoms with van der Waals surface area (Å²) in [6.07, 6.45) is 3.10. The minimum absolute atomic E-state index is 0.0143. The summed E-state index contributed by atoms with van der Waals surface area (Å²) in [5.41, 5.74) is 0.858. The molecule has 1 atom stereocenters. The molecule has 2 aliphatic heterocycles. The number of likely N-dealkylation sites (tertiary alicyclic amines) is 1. The normalized spacial score (nSPS) is 18.6. The maximum atomic E-state index is 12.7. The van der Waals surface area contributed by atoms with Gasteiger partial charge in [-0.25, -0.2) is 4.98 Å². The van der Waals surface area contributed by atoms with Crippen LogP contribution in [0.15, 0.2) is 24.4 Å². The van der Waals surface area contributed by atoms with E-state index in [0.29, 0.717) is 22.9 Å². The lowest BCUT2D eigenvalue weighted by Crippen LogP contribution is -2.36. The largest absolute Gasteiger partial charge is 0.481 e. The van der Waals surface area contributed by atoms with Crippen LogP contribution in [0.4, 0.5) is 0 Å². The third-order valence-electron chi connectivity index (χ3n) is 4.38. The molecule has 3 heterocycles. The van der Waals surface area contributed by atoms with E-state index >= 15 is 0 Å². The number of benzene rings is 1. The number of thiazole rings is 1. The Hall–Kier alpha value is -2.61. The summed E-state index contributed by atoms with van der Waals surface area (Å²) < 4.78 is 10.7. The van der Waals surface area contributed by atoms with Crippen molar-refractivity contribution in [2.45, 2.75) is 25.3 Å². The average molecular weight is 360 g/mol. The first-order valence-corrected chi connectivity index (χ1v) is 8.82. The first-order valence-electron chi connectivity index (χ1n) is 8.00. The van der Waals surface area contributed by atoms with Gasteiger partial charge < -0.3 is 19.5 Å². The number of carboxylic acids is 1. The molecule has 2 aromatic rings. The van der Waals surface area contributed by atoms with E-state index in [0.717, 1.165) is 23.4 Å². The van der Waals surface area contributed by atoms with Crippen molar-refractivity contribution in [3.8, 4) is 22.1 Å². The number of hydrogen-bond donors (Lipinski definition) is 1. The summed E-state index contributed by atoms with van der Waals surface area (Å²) in [6, 6.07) is 5.31. The summed E-state index contributed by atoms with van der Waals surface area (Å²) in [5.74, 6) is 0.343. The van der Waals surface area contributed by atoms with Gasteiger partial charge in [0.1, 0.15) is 9.88 Å². The molecule has 4 rings (SSSR count). The van der Waals surface area contributed by atoms with Crippen molar-refractivity contribution in [1.82, 2.24) is 9.88 Å². The van der Waals surface area contributed by atoms with Crippen LogP contribution in [-0.2, 0) is 4.79 Å². The van der Waals surface area contributed by atoms with Crippen LogP contribution in [0.1, 0.15) is 28.9 Å². The molecule has 1 amide bonds. The van der Waals surface area contributed by atoms with Gasteiger partial charge in [-0.15, -0.1) is 11.3 Å². The Morgan fingerprint density at radius 2 is 2.16 bits per heavy atom. The van der Waals surface area contributed by atoms with Gasteiger partial charge in [0.05, 0.1) is 12.6 Å². The van der Waals surface area contributed by atoms with E-state index in [2.05, 4.69) is 4.98 Å². The summed E-state index contributed by atoms with van der Waals surface area (Å²) in [6.45, 7) is 0.800. The zero-order valence-corrected chi connectivity index (χ0v) is 14.1. The monoisotopic (exact) mass is 360 g/mol. The van der Waals surface area contributed by atoms with Gasteiger partial charge >= 0.3 is 5.97 Å². The highest BCUT2D eigenvalue weighted by atomic mass is 32.1. The highest BCUT2D eigenvalue weighted by Gasteiger charge is 2.32. The topological polar surface area (TPSA) is 89.0 Å². The molecule has 1 N–H and O–H groups in total. The molecule has 8 heteroatoms. The van der Waals surface area contributed by atoms with E-state index in [1.807, 2.05) is 18.2 Å². The van der Waals surface area contributed by atoms with Crippen molar-refractivity contribution >= 4 is 23.2 Å². The Bertz CT molecular complexity index is 834. The molecule has 0 saturated carbocycles. The SMILES string of the molecule is O=C(O)CC1CCCN1C(=O)c1cnc(-c2ccc3c(c2)OCO3)s1. The molecule has 7 nitrogen and oxygen atoms in total. The zero-order chi connectivity index (χ0) is 17.4. The molecule has 25 heavy (non-hydrogen) atoms. The van der Waals surface area contributed by atoms with Crippen LogP contribution in [0.2, 0.25) is 0 Å². The second-order valence-corrected chi connectivity index (χ2v) is 7.02. The van der Waals surface area contributed by atoms with Gasteiger partial charge in [0, 0.05) is 18.2 Å². The molecular weight excluding hydrogens is 344 g/mol. The number of rotatable bonds is 4. The minimum Gasteiger partial charge on any atom is -0.481 e. The fraction of sp³-hybridized carbons (Fsp3) is 0.353. The maximum Gasteiger partial charge on any atom is 0.305 e. The van der Waals surface area contributed by atoms with Crippen LogP contribution in [-0.4, -0.2) is 46.2 Å². The molecule has 130 valence electrons. The smallest absolute Gasteiger partial charge is 0.305 e. The van der Waals surface area contributed by atoms with Gasteiger partial charge in [0.2, 0.25) is 6.79 Å². The Morgan fingerprint density at radius 3 is 3.00 bits per heavy atom. The fourth-order valence-corrected chi connectivity index (χ4v) is 4.06. The third kappa shape index (κ3) is 3.05. The van der Waals surface area contributed by atoms with Gasteiger partial charge in [-0.3, -0.25) is 9.59 Å². The van der Waals surface area contributed by atoms with Crippen molar-refractivity contribution in [2.24, 2.45) is 0 Å². The van der Waals surface area contributed by atoms with E-state index in [-0.39, 0.29) is 25.2 Å². The predicted octanol–water partition coefficient (Wildman–Crippen LogP) is 2.62. The molecule has 0 spiro atoms. The number of aromatic nitrogens is 1. The summed E-state index contributed by atoms with van der Waals surface area (Å²) >= 11 is 1.30. The predicted molar refractivity (Wildman–Crippen MR) is 90.0 cm³/mol. The van der Waals surface area contributed by atoms with Gasteiger partial charge in [-0.05, 0) is 31.0 Å². The molecule has 1 unspecified atom stereocenters. The standard InChI is InChI=1S/C17H16N2O5S/c20-15(21)7-11-2-1-5-19(11)17(22)14-8-18-16(25-14)10-3-4-12-13(6-10)24-9-23-12/h3-4,6,8,11H,1-2,5,7,9H2,(H,20,21). The number of nitrogens with zero attached hydrogens (tertiary/aromatic N) is 2. The molecule has 0 bridgehead atoms. The molecule has 1 saturated heterocycles. The number of aliphatic carboxylic acids is 1. The van der Waals surface area contributed by atoms with Crippen molar-refractivity contribution < 1.29 is 24.2 Å². The van der Waals surface area contributed by atoms with E-state index < -0.39 is 5.97 Å².